The van der Waals surface area contributed by atoms with Gasteiger partial charge in [0.1, 0.15) is 6.54 Å². The van der Waals surface area contributed by atoms with E-state index in [0.717, 1.165) is 36.3 Å². The number of amides is 1. The van der Waals surface area contributed by atoms with E-state index in [1.807, 2.05) is 13.8 Å². The maximum atomic E-state index is 13.3. The molecule has 1 amide bonds. The Balaban J connectivity index is 1.40. The molecule has 2 aromatic heterocycles. The molecule has 1 fully saturated rings. The van der Waals surface area contributed by atoms with Gasteiger partial charge in [0.05, 0.1) is 11.6 Å². The van der Waals surface area contributed by atoms with E-state index in [1.54, 1.807) is 6.20 Å². The highest BCUT2D eigenvalue weighted by molar-refractivity contribution is 5.87. The lowest BCUT2D eigenvalue weighted by atomic mass is 10.00. The van der Waals surface area contributed by atoms with Gasteiger partial charge in [-0.3, -0.25) is 9.59 Å². The summed E-state index contributed by atoms with van der Waals surface area (Å²) in [6.07, 6.45) is 7.71. The first-order valence-corrected chi connectivity index (χ1v) is 13.0. The summed E-state index contributed by atoms with van der Waals surface area (Å²) >= 11 is 0. The molecule has 1 saturated heterocycles. The quantitative estimate of drug-likeness (QED) is 0.474. The first-order chi connectivity index (χ1) is 16.9. The number of nitrogens with one attached hydrogen (secondary N) is 1. The van der Waals surface area contributed by atoms with Gasteiger partial charge >= 0.3 is 0 Å². The molecule has 7 nitrogen and oxygen atoms in total. The van der Waals surface area contributed by atoms with Crippen LogP contribution in [-0.4, -0.2) is 50.8 Å². The molecule has 188 valence electrons. The summed E-state index contributed by atoms with van der Waals surface area (Å²) < 4.78 is 3.45. The molecule has 0 aliphatic carbocycles. The molecule has 1 unspecified atom stereocenters. The molecule has 0 radical (unpaired) electrons. The zero-order chi connectivity index (χ0) is 24.9. The number of likely N-dealkylation sites (tertiary alicyclic amines) is 1. The Morgan fingerprint density at radius 1 is 1.11 bits per heavy atom. The number of aromatic nitrogens is 3. The minimum absolute atomic E-state index is 0.0578. The van der Waals surface area contributed by atoms with Crippen LogP contribution in [-0.2, 0) is 17.9 Å². The predicted octanol–water partition coefficient (Wildman–Crippen LogP) is 3.94. The Labute approximate surface area is 208 Å². The fraction of sp³-hybridized carbons (Fsp3) is 0.536. The van der Waals surface area contributed by atoms with Crippen LogP contribution in [0.3, 0.4) is 0 Å². The van der Waals surface area contributed by atoms with Crippen LogP contribution in [0.4, 0.5) is 0 Å². The smallest absolute Gasteiger partial charge is 0.276 e. The van der Waals surface area contributed by atoms with Gasteiger partial charge in [-0.15, -0.1) is 0 Å². The maximum absolute atomic E-state index is 13.3. The molecule has 0 spiro atoms. The number of hydrogen-bond acceptors (Lipinski definition) is 4. The van der Waals surface area contributed by atoms with E-state index in [9.17, 15) is 9.59 Å². The van der Waals surface area contributed by atoms with E-state index in [2.05, 4.69) is 58.0 Å². The summed E-state index contributed by atoms with van der Waals surface area (Å²) in [4.78, 5) is 28.4. The van der Waals surface area contributed by atoms with Gasteiger partial charge in [-0.25, -0.2) is 4.68 Å². The third-order valence-corrected chi connectivity index (χ3v) is 7.52. The molecular weight excluding hydrogens is 438 g/mol. The molecule has 1 N–H and O–H groups in total. The average Bonchev–Trinajstić information content (AvgIpc) is 3.10. The van der Waals surface area contributed by atoms with Crippen molar-refractivity contribution in [1.82, 2.24) is 24.6 Å². The molecule has 1 aliphatic heterocycles. The van der Waals surface area contributed by atoms with Gasteiger partial charge in [0.2, 0.25) is 5.91 Å². The Morgan fingerprint density at radius 3 is 2.63 bits per heavy atom. The van der Waals surface area contributed by atoms with Crippen molar-refractivity contribution in [3.05, 3.63) is 63.3 Å². The summed E-state index contributed by atoms with van der Waals surface area (Å²) in [7, 11) is 0. The third-order valence-electron chi connectivity index (χ3n) is 7.52. The number of rotatable bonds is 9. The number of fused-ring (bicyclic) bond motifs is 1. The second-order valence-electron chi connectivity index (χ2n) is 9.94. The van der Waals surface area contributed by atoms with Crippen molar-refractivity contribution < 1.29 is 4.79 Å². The van der Waals surface area contributed by atoms with Gasteiger partial charge in [0.15, 0.2) is 0 Å². The van der Waals surface area contributed by atoms with Crippen molar-refractivity contribution in [2.75, 3.05) is 19.6 Å². The van der Waals surface area contributed by atoms with E-state index in [-0.39, 0.29) is 18.0 Å². The van der Waals surface area contributed by atoms with Crippen molar-refractivity contribution in [2.24, 2.45) is 0 Å². The zero-order valence-corrected chi connectivity index (χ0v) is 21.6. The van der Waals surface area contributed by atoms with Crippen molar-refractivity contribution in [3.8, 4) is 0 Å². The van der Waals surface area contributed by atoms with Crippen LogP contribution in [0.2, 0.25) is 0 Å². The highest BCUT2D eigenvalue weighted by Gasteiger charge is 2.20. The van der Waals surface area contributed by atoms with Crippen LogP contribution in [0.1, 0.15) is 61.5 Å². The topological polar surface area (TPSA) is 72.2 Å². The maximum Gasteiger partial charge on any atom is 0.276 e. The summed E-state index contributed by atoms with van der Waals surface area (Å²) in [5, 5.41) is 8.80. The lowest BCUT2D eigenvalue weighted by Gasteiger charge is -2.35. The van der Waals surface area contributed by atoms with Crippen molar-refractivity contribution in [1.29, 1.82) is 0 Å². The van der Waals surface area contributed by atoms with E-state index in [4.69, 9.17) is 0 Å². The summed E-state index contributed by atoms with van der Waals surface area (Å²) in [5.74, 6) is -0.168. The number of benzene rings is 1. The van der Waals surface area contributed by atoms with Gasteiger partial charge < -0.3 is 14.8 Å². The number of aryl methyl sites for hydroxylation is 3. The average molecular weight is 478 g/mol. The first-order valence-electron chi connectivity index (χ1n) is 13.0. The van der Waals surface area contributed by atoms with E-state index < -0.39 is 0 Å². The number of carbonyl (C=O) groups excluding carboxylic acids is 1. The Bertz CT molecular complexity index is 1220. The molecular formula is C28H39N5O2. The molecule has 3 aromatic rings. The molecule has 0 bridgehead atoms. The monoisotopic (exact) mass is 477 g/mol. The fourth-order valence-corrected chi connectivity index (χ4v) is 5.39. The summed E-state index contributed by atoms with van der Waals surface area (Å²) in [6, 6.07) is 9.12. The first kappa shape index (κ1) is 25.2. The van der Waals surface area contributed by atoms with Gasteiger partial charge in [-0.05, 0) is 58.6 Å². The normalized spacial score (nSPS) is 16.6. The molecule has 4 rings (SSSR count). The molecule has 1 aliphatic rings. The van der Waals surface area contributed by atoms with E-state index in [0.29, 0.717) is 24.5 Å². The molecule has 35 heavy (non-hydrogen) atoms. The second-order valence-corrected chi connectivity index (χ2v) is 9.94. The largest absolute Gasteiger partial charge is 0.354 e. The van der Waals surface area contributed by atoms with Crippen molar-refractivity contribution >= 4 is 16.7 Å². The molecule has 7 heteroatoms. The molecule has 3 heterocycles. The van der Waals surface area contributed by atoms with Gasteiger partial charge in [-0.2, -0.15) is 5.10 Å². The van der Waals surface area contributed by atoms with Gasteiger partial charge in [0, 0.05) is 42.5 Å². The van der Waals surface area contributed by atoms with Crippen LogP contribution in [0.15, 0.2) is 35.3 Å². The van der Waals surface area contributed by atoms with Crippen LogP contribution in [0.5, 0.6) is 0 Å². The highest BCUT2D eigenvalue weighted by atomic mass is 16.2. The number of carbonyl (C=O) groups is 1. The number of nitrogens with zero attached hydrogens (tertiary/aromatic N) is 4. The third kappa shape index (κ3) is 5.67. The highest BCUT2D eigenvalue weighted by Crippen LogP contribution is 2.23. The van der Waals surface area contributed by atoms with E-state index >= 15 is 0 Å². The lowest BCUT2D eigenvalue weighted by molar-refractivity contribution is -0.121. The molecule has 1 atom stereocenters. The van der Waals surface area contributed by atoms with E-state index in [1.165, 1.54) is 41.5 Å². The van der Waals surface area contributed by atoms with Crippen molar-refractivity contribution in [3.63, 3.8) is 0 Å². The van der Waals surface area contributed by atoms with Crippen LogP contribution < -0.4 is 10.9 Å². The fourth-order valence-electron chi connectivity index (χ4n) is 5.39. The Hall–Kier alpha value is -2.93. The Morgan fingerprint density at radius 2 is 1.89 bits per heavy atom. The second kappa shape index (κ2) is 11.2. The molecule has 0 saturated carbocycles. The summed E-state index contributed by atoms with van der Waals surface area (Å²) in [5.41, 5.74) is 4.13. The van der Waals surface area contributed by atoms with Crippen LogP contribution >= 0.6 is 0 Å². The summed E-state index contributed by atoms with van der Waals surface area (Å²) in [6.45, 7) is 11.8. The Kier molecular flexibility index (Phi) is 8.06. The SMILES string of the molecule is CCC1CCCCN1CCCNC(=O)Cn1ncc2c(C)n(Cc3ccc(C)cc3)c(C)c2c1=O. The minimum Gasteiger partial charge on any atom is -0.354 e. The predicted molar refractivity (Wildman–Crippen MR) is 141 cm³/mol. The standard InChI is InChI=1S/C28H39N5O2/c1-5-24-9-6-7-15-31(24)16-8-14-29-26(34)19-33-28(35)27-22(4)32(21(3)25(27)17-30-33)18-23-12-10-20(2)11-13-23/h10-13,17,24H,5-9,14-16,18-19H2,1-4H3,(H,29,34). The zero-order valence-electron chi connectivity index (χ0n) is 21.6. The van der Waals surface area contributed by atoms with Crippen LogP contribution in [0, 0.1) is 20.8 Å². The molecule has 1 aromatic carbocycles. The van der Waals surface area contributed by atoms with Gasteiger partial charge in [0.25, 0.3) is 5.56 Å². The van der Waals surface area contributed by atoms with Gasteiger partial charge in [-0.1, -0.05) is 43.2 Å². The van der Waals surface area contributed by atoms with Crippen molar-refractivity contribution in [2.45, 2.75) is 78.9 Å². The number of hydrogen-bond donors (Lipinski definition) is 1. The minimum atomic E-state index is -0.208. The lowest BCUT2D eigenvalue weighted by Crippen LogP contribution is -2.41. The number of piperidine rings is 1. The van der Waals surface area contributed by atoms with Crippen LogP contribution in [0.25, 0.3) is 10.8 Å².